The van der Waals surface area contributed by atoms with E-state index in [2.05, 4.69) is 0 Å². The summed E-state index contributed by atoms with van der Waals surface area (Å²) in [5.74, 6) is -0.147. The van der Waals surface area contributed by atoms with Gasteiger partial charge in [0.05, 0.1) is 5.83 Å². The summed E-state index contributed by atoms with van der Waals surface area (Å²) in [6.45, 7) is 3.36. The van der Waals surface area contributed by atoms with Crippen molar-refractivity contribution in [1.82, 2.24) is 0 Å². The van der Waals surface area contributed by atoms with E-state index in [4.69, 9.17) is 0 Å². The van der Waals surface area contributed by atoms with Crippen LogP contribution in [0.1, 0.15) is 13.8 Å². The highest BCUT2D eigenvalue weighted by Crippen LogP contribution is 1.94. The second kappa shape index (κ2) is 3.47. The van der Waals surface area contributed by atoms with Crippen molar-refractivity contribution < 1.29 is 4.39 Å². The van der Waals surface area contributed by atoms with Crippen molar-refractivity contribution in [2.24, 2.45) is 0 Å². The summed E-state index contributed by atoms with van der Waals surface area (Å²) >= 11 is 0. The van der Waals surface area contributed by atoms with Crippen molar-refractivity contribution in [3.05, 3.63) is 23.5 Å². The Morgan fingerprint density at radius 2 is 1.88 bits per heavy atom. The van der Waals surface area contributed by atoms with Gasteiger partial charge in [0.25, 0.3) is 0 Å². The van der Waals surface area contributed by atoms with Crippen molar-refractivity contribution in [2.45, 2.75) is 13.8 Å². The molecule has 0 amide bonds. The van der Waals surface area contributed by atoms with E-state index in [1.54, 1.807) is 6.08 Å². The van der Waals surface area contributed by atoms with Gasteiger partial charge in [0.2, 0.25) is 0 Å². The molecule has 0 atom stereocenters. The van der Waals surface area contributed by atoms with E-state index in [0.29, 0.717) is 0 Å². The molecule has 8 heavy (non-hydrogen) atoms. The Morgan fingerprint density at radius 1 is 1.38 bits per heavy atom. The highest BCUT2D eigenvalue weighted by Gasteiger charge is 1.75. The monoisotopic (exact) mass is 112 g/mol. The molecule has 0 aromatic carbocycles. The van der Waals surface area contributed by atoms with Gasteiger partial charge in [0.1, 0.15) is 7.85 Å². The van der Waals surface area contributed by atoms with Crippen LogP contribution in [0.5, 0.6) is 0 Å². The third-order valence-electron chi connectivity index (χ3n) is 0.646. The molecule has 0 rings (SSSR count). The minimum absolute atomic E-state index is 0.147. The minimum atomic E-state index is -0.147. The number of halogens is 1. The summed E-state index contributed by atoms with van der Waals surface area (Å²) in [6.07, 6.45) is 3.20. The summed E-state index contributed by atoms with van der Waals surface area (Å²) in [4.78, 5) is 0. The van der Waals surface area contributed by atoms with Crippen molar-refractivity contribution >= 4 is 7.85 Å². The molecular formula is C6H10BF. The van der Waals surface area contributed by atoms with E-state index in [0.717, 1.165) is 5.47 Å². The molecular weight excluding hydrogens is 102 g/mol. The maximum absolute atomic E-state index is 11.9. The average Bonchev–Trinajstić information content (AvgIpc) is 1.61. The zero-order valence-corrected chi connectivity index (χ0v) is 5.53. The predicted octanol–water partition coefficient (Wildman–Crippen LogP) is 1.40. The first-order valence-electron chi connectivity index (χ1n) is 2.60. The first-order chi connectivity index (χ1) is 3.63. The summed E-state index contributed by atoms with van der Waals surface area (Å²) < 4.78 is 11.9. The molecule has 0 saturated heterocycles. The molecule has 0 aliphatic rings. The third-order valence-corrected chi connectivity index (χ3v) is 0.646. The molecule has 0 aliphatic carbocycles. The normalized spacial score (nSPS) is 14.4. The Hall–Kier alpha value is -0.525. The number of hydrogen-bond donors (Lipinski definition) is 0. The first-order valence-corrected chi connectivity index (χ1v) is 2.60. The molecule has 0 heterocycles. The van der Waals surface area contributed by atoms with Gasteiger partial charge < -0.3 is 0 Å². The fourth-order valence-electron chi connectivity index (χ4n) is 0.281. The maximum atomic E-state index is 11.9. The zero-order chi connectivity index (χ0) is 6.57. The van der Waals surface area contributed by atoms with Crippen LogP contribution in [0.2, 0.25) is 0 Å². The first kappa shape index (κ1) is 7.47. The smallest absolute Gasteiger partial charge is 0.133 e. The molecule has 0 unspecified atom stereocenters. The SMILES string of the molecule is B/C(C)=C/C=C(\C)F. The molecule has 0 fully saturated rings. The zero-order valence-electron chi connectivity index (χ0n) is 5.53. The second-order valence-electron chi connectivity index (χ2n) is 2.00. The Morgan fingerprint density at radius 3 is 2.00 bits per heavy atom. The Kier molecular flexibility index (Phi) is 3.25. The van der Waals surface area contributed by atoms with Gasteiger partial charge in [-0.05, 0) is 13.0 Å². The summed E-state index contributed by atoms with van der Waals surface area (Å²) in [6, 6.07) is 0. The standard InChI is InChI=1S/C6H10BF/c1-5(7)3-4-6(2)8/h3-4H,7H2,1-2H3/b5-3+,6-4+. The molecule has 0 aromatic heterocycles. The van der Waals surface area contributed by atoms with E-state index in [1.165, 1.54) is 13.0 Å². The minimum Gasteiger partial charge on any atom is -0.212 e. The van der Waals surface area contributed by atoms with Crippen molar-refractivity contribution in [2.75, 3.05) is 0 Å². The van der Waals surface area contributed by atoms with Crippen LogP contribution in [0.15, 0.2) is 23.5 Å². The lowest BCUT2D eigenvalue weighted by Gasteiger charge is -1.81. The Balaban J connectivity index is 3.76. The van der Waals surface area contributed by atoms with Crippen LogP contribution in [0.4, 0.5) is 4.39 Å². The second-order valence-corrected chi connectivity index (χ2v) is 2.00. The van der Waals surface area contributed by atoms with E-state index in [9.17, 15) is 4.39 Å². The summed E-state index contributed by atoms with van der Waals surface area (Å²) in [7, 11) is 1.93. The topological polar surface area (TPSA) is 0 Å². The number of hydrogen-bond acceptors (Lipinski definition) is 0. The van der Waals surface area contributed by atoms with Crippen LogP contribution in [-0.2, 0) is 0 Å². The van der Waals surface area contributed by atoms with Crippen molar-refractivity contribution in [3.63, 3.8) is 0 Å². The van der Waals surface area contributed by atoms with Gasteiger partial charge in [-0.15, -0.1) is 5.47 Å². The van der Waals surface area contributed by atoms with Gasteiger partial charge in [-0.2, -0.15) is 0 Å². The van der Waals surface area contributed by atoms with Crippen LogP contribution >= 0.6 is 0 Å². The van der Waals surface area contributed by atoms with Crippen LogP contribution in [-0.4, -0.2) is 7.85 Å². The third kappa shape index (κ3) is 5.47. The highest BCUT2D eigenvalue weighted by molar-refractivity contribution is 6.21. The van der Waals surface area contributed by atoms with Crippen LogP contribution in [0.25, 0.3) is 0 Å². The molecule has 0 radical (unpaired) electrons. The fourth-order valence-corrected chi connectivity index (χ4v) is 0.281. The maximum Gasteiger partial charge on any atom is 0.133 e. The van der Waals surface area contributed by atoms with Gasteiger partial charge in [-0.1, -0.05) is 13.0 Å². The molecule has 0 saturated carbocycles. The predicted molar refractivity (Wildman–Crippen MR) is 37.2 cm³/mol. The molecule has 0 spiro atoms. The molecule has 2 heteroatoms. The quantitative estimate of drug-likeness (QED) is 0.355. The number of allylic oxidation sites excluding steroid dienone is 4. The van der Waals surface area contributed by atoms with E-state index in [-0.39, 0.29) is 5.83 Å². The average molecular weight is 112 g/mol. The van der Waals surface area contributed by atoms with Gasteiger partial charge in [-0.3, -0.25) is 0 Å². The lowest BCUT2D eigenvalue weighted by molar-refractivity contribution is 0.640. The molecule has 0 aromatic rings. The van der Waals surface area contributed by atoms with Gasteiger partial charge in [0, 0.05) is 0 Å². The molecule has 0 bridgehead atoms. The Bertz CT molecular complexity index is 100. The summed E-state index contributed by atoms with van der Waals surface area (Å²) in [5.41, 5.74) is 1.11. The number of rotatable bonds is 1. The molecule has 44 valence electrons. The van der Waals surface area contributed by atoms with Crippen molar-refractivity contribution in [3.8, 4) is 0 Å². The lowest BCUT2D eigenvalue weighted by atomic mass is 9.98. The van der Waals surface area contributed by atoms with Gasteiger partial charge in [-0.25, -0.2) is 4.39 Å². The largest absolute Gasteiger partial charge is 0.212 e. The molecule has 0 aliphatic heterocycles. The van der Waals surface area contributed by atoms with Crippen molar-refractivity contribution in [1.29, 1.82) is 0 Å². The van der Waals surface area contributed by atoms with E-state index < -0.39 is 0 Å². The molecule has 0 N–H and O–H groups in total. The van der Waals surface area contributed by atoms with E-state index >= 15 is 0 Å². The lowest BCUT2D eigenvalue weighted by Crippen LogP contribution is -1.67. The Labute approximate surface area is 50.5 Å². The molecule has 0 nitrogen and oxygen atoms in total. The summed E-state index contributed by atoms with van der Waals surface area (Å²) in [5, 5.41) is 0. The fraction of sp³-hybridized carbons (Fsp3) is 0.333. The van der Waals surface area contributed by atoms with Gasteiger partial charge >= 0.3 is 0 Å². The highest BCUT2D eigenvalue weighted by atomic mass is 19.1. The van der Waals surface area contributed by atoms with Crippen LogP contribution in [0.3, 0.4) is 0 Å². The van der Waals surface area contributed by atoms with Gasteiger partial charge in [0.15, 0.2) is 0 Å². The van der Waals surface area contributed by atoms with Crippen LogP contribution in [0, 0.1) is 0 Å². The van der Waals surface area contributed by atoms with E-state index in [1.807, 2.05) is 14.8 Å². The van der Waals surface area contributed by atoms with Crippen LogP contribution < -0.4 is 0 Å².